The van der Waals surface area contributed by atoms with E-state index in [4.69, 9.17) is 16.3 Å². The van der Waals surface area contributed by atoms with Gasteiger partial charge in [-0.15, -0.1) is 0 Å². The van der Waals surface area contributed by atoms with Crippen LogP contribution in [0.1, 0.15) is 39.5 Å². The minimum absolute atomic E-state index is 0.485. The molecule has 0 aliphatic carbocycles. The first-order valence-electron chi connectivity index (χ1n) is 6.01. The van der Waals surface area contributed by atoms with Crippen LogP contribution in [0.25, 0.3) is 0 Å². The zero-order chi connectivity index (χ0) is 11.8. The van der Waals surface area contributed by atoms with Crippen molar-refractivity contribution in [3.63, 3.8) is 0 Å². The van der Waals surface area contributed by atoms with E-state index in [-0.39, 0.29) is 0 Å². The van der Waals surface area contributed by atoms with Gasteiger partial charge in [0.15, 0.2) is 0 Å². The van der Waals surface area contributed by atoms with E-state index in [2.05, 4.69) is 18.8 Å². The van der Waals surface area contributed by atoms with Crippen LogP contribution in [-0.2, 0) is 0 Å². The fraction of sp³-hybridized carbons (Fsp3) is 0.615. The van der Waals surface area contributed by atoms with E-state index in [0.29, 0.717) is 17.0 Å². The number of hydrogen-bond acceptors (Lipinski definition) is 2. The Morgan fingerprint density at radius 1 is 1.38 bits per heavy atom. The number of pyridine rings is 1. The average molecular weight is 242 g/mol. The molecule has 0 bridgehead atoms. The van der Waals surface area contributed by atoms with E-state index in [1.807, 2.05) is 12.1 Å². The molecule has 0 saturated carbocycles. The first-order valence-corrected chi connectivity index (χ1v) is 6.39. The molecular weight excluding hydrogens is 222 g/mol. The van der Waals surface area contributed by atoms with Gasteiger partial charge in [0.05, 0.1) is 6.61 Å². The van der Waals surface area contributed by atoms with Gasteiger partial charge in [-0.05, 0) is 18.4 Å². The summed E-state index contributed by atoms with van der Waals surface area (Å²) < 4.78 is 5.64. The van der Waals surface area contributed by atoms with Crippen molar-refractivity contribution in [3.8, 4) is 5.88 Å². The summed E-state index contributed by atoms with van der Waals surface area (Å²) in [4.78, 5) is 4.10. The smallest absolute Gasteiger partial charge is 0.214 e. The van der Waals surface area contributed by atoms with E-state index in [1.165, 1.54) is 19.3 Å². The highest BCUT2D eigenvalue weighted by molar-refractivity contribution is 6.29. The van der Waals surface area contributed by atoms with Crippen LogP contribution in [-0.4, -0.2) is 11.6 Å². The summed E-state index contributed by atoms with van der Waals surface area (Å²) >= 11 is 5.79. The first-order chi connectivity index (χ1) is 7.76. The predicted octanol–water partition coefficient (Wildman–Crippen LogP) is 4.33. The van der Waals surface area contributed by atoms with Crippen LogP contribution in [0, 0.1) is 5.92 Å². The molecule has 16 heavy (non-hydrogen) atoms. The third-order valence-corrected chi connectivity index (χ3v) is 2.91. The molecule has 1 aromatic heterocycles. The summed E-state index contributed by atoms with van der Waals surface area (Å²) in [6, 6.07) is 5.46. The number of nitrogens with zero attached hydrogens (tertiary/aromatic N) is 1. The molecule has 2 nitrogen and oxygen atoms in total. The number of unbranched alkanes of at least 4 members (excludes halogenated alkanes) is 1. The minimum Gasteiger partial charge on any atom is -0.477 e. The Morgan fingerprint density at radius 2 is 2.19 bits per heavy atom. The van der Waals surface area contributed by atoms with Crippen LogP contribution in [0.5, 0.6) is 5.88 Å². The molecule has 0 spiro atoms. The van der Waals surface area contributed by atoms with E-state index >= 15 is 0 Å². The second-order valence-electron chi connectivity index (χ2n) is 4.03. The maximum atomic E-state index is 5.79. The van der Waals surface area contributed by atoms with Crippen molar-refractivity contribution in [1.29, 1.82) is 0 Å². The van der Waals surface area contributed by atoms with Crippen LogP contribution in [0.3, 0.4) is 0 Å². The quantitative estimate of drug-likeness (QED) is 0.663. The molecule has 1 atom stereocenters. The summed E-state index contributed by atoms with van der Waals surface area (Å²) in [6.45, 7) is 5.16. The van der Waals surface area contributed by atoms with Gasteiger partial charge in [0.25, 0.3) is 0 Å². The Kier molecular flexibility index (Phi) is 6.24. The van der Waals surface area contributed by atoms with Crippen molar-refractivity contribution in [2.45, 2.75) is 39.5 Å². The molecule has 0 aromatic carbocycles. The molecule has 1 aromatic rings. The third kappa shape index (κ3) is 4.84. The normalized spacial score (nSPS) is 12.4. The molecule has 3 heteroatoms. The highest BCUT2D eigenvalue weighted by atomic mass is 35.5. The van der Waals surface area contributed by atoms with Gasteiger partial charge in [-0.3, -0.25) is 0 Å². The van der Waals surface area contributed by atoms with Crippen LogP contribution in [0.15, 0.2) is 18.2 Å². The summed E-state index contributed by atoms with van der Waals surface area (Å²) in [7, 11) is 0. The van der Waals surface area contributed by atoms with Gasteiger partial charge >= 0.3 is 0 Å². The molecule has 0 aliphatic rings. The molecule has 0 radical (unpaired) electrons. The van der Waals surface area contributed by atoms with Crippen molar-refractivity contribution in [1.82, 2.24) is 4.98 Å². The molecule has 0 saturated heterocycles. The molecule has 0 N–H and O–H groups in total. The van der Waals surface area contributed by atoms with Crippen LogP contribution >= 0.6 is 11.6 Å². The lowest BCUT2D eigenvalue weighted by Gasteiger charge is -2.14. The average Bonchev–Trinajstić information content (AvgIpc) is 2.29. The van der Waals surface area contributed by atoms with Crippen molar-refractivity contribution >= 4 is 11.6 Å². The monoisotopic (exact) mass is 241 g/mol. The molecule has 0 aliphatic heterocycles. The fourth-order valence-corrected chi connectivity index (χ4v) is 1.73. The topological polar surface area (TPSA) is 22.1 Å². The zero-order valence-corrected chi connectivity index (χ0v) is 10.8. The Morgan fingerprint density at radius 3 is 2.81 bits per heavy atom. The standard InChI is InChI=1S/C13H20ClNO/c1-3-5-7-11(4-2)10-16-13-9-6-8-12(14)15-13/h6,8-9,11H,3-5,7,10H2,1-2H3. The van der Waals surface area contributed by atoms with Crippen LogP contribution in [0.4, 0.5) is 0 Å². The van der Waals surface area contributed by atoms with E-state index in [9.17, 15) is 0 Å². The van der Waals surface area contributed by atoms with Crippen LogP contribution in [0.2, 0.25) is 5.15 Å². The van der Waals surface area contributed by atoms with E-state index < -0.39 is 0 Å². The molecule has 1 rings (SSSR count). The third-order valence-electron chi connectivity index (χ3n) is 2.70. The van der Waals surface area contributed by atoms with Gasteiger partial charge in [-0.25, -0.2) is 4.98 Å². The van der Waals surface area contributed by atoms with Crippen molar-refractivity contribution in [3.05, 3.63) is 23.4 Å². The summed E-state index contributed by atoms with van der Waals surface area (Å²) in [6.07, 6.45) is 4.89. The lowest BCUT2D eigenvalue weighted by molar-refractivity contribution is 0.226. The van der Waals surface area contributed by atoms with Gasteiger partial charge in [0.2, 0.25) is 5.88 Å². The van der Waals surface area contributed by atoms with Crippen LogP contribution < -0.4 is 4.74 Å². The summed E-state index contributed by atoms with van der Waals surface area (Å²) in [5, 5.41) is 0.485. The van der Waals surface area contributed by atoms with Crippen molar-refractivity contribution in [2.75, 3.05) is 6.61 Å². The highest BCUT2D eigenvalue weighted by Crippen LogP contribution is 2.16. The van der Waals surface area contributed by atoms with Crippen molar-refractivity contribution in [2.24, 2.45) is 5.92 Å². The zero-order valence-electron chi connectivity index (χ0n) is 10.1. The molecule has 0 fully saturated rings. The molecule has 1 heterocycles. The number of aromatic nitrogens is 1. The van der Waals surface area contributed by atoms with Gasteiger partial charge in [0.1, 0.15) is 5.15 Å². The fourth-order valence-electron chi connectivity index (χ4n) is 1.57. The lowest BCUT2D eigenvalue weighted by atomic mass is 10.0. The van der Waals surface area contributed by atoms with Crippen molar-refractivity contribution < 1.29 is 4.74 Å². The minimum atomic E-state index is 0.485. The van der Waals surface area contributed by atoms with Gasteiger partial charge in [-0.2, -0.15) is 0 Å². The molecule has 90 valence electrons. The largest absolute Gasteiger partial charge is 0.477 e. The van der Waals surface area contributed by atoms with Gasteiger partial charge < -0.3 is 4.74 Å². The van der Waals surface area contributed by atoms with Gasteiger partial charge in [-0.1, -0.05) is 50.8 Å². The summed E-state index contributed by atoms with van der Waals surface area (Å²) in [5.41, 5.74) is 0. The highest BCUT2D eigenvalue weighted by Gasteiger charge is 2.07. The molecule has 1 unspecified atom stereocenters. The second kappa shape index (κ2) is 7.50. The Hall–Kier alpha value is -0.760. The number of rotatable bonds is 7. The first kappa shape index (κ1) is 13.3. The number of halogens is 1. The number of hydrogen-bond donors (Lipinski definition) is 0. The van der Waals surface area contributed by atoms with E-state index in [0.717, 1.165) is 13.0 Å². The predicted molar refractivity (Wildman–Crippen MR) is 68.0 cm³/mol. The maximum Gasteiger partial charge on any atom is 0.214 e. The Labute approximate surface area is 103 Å². The Balaban J connectivity index is 2.37. The SMILES string of the molecule is CCCCC(CC)COc1cccc(Cl)n1. The number of ether oxygens (including phenoxy) is 1. The lowest BCUT2D eigenvalue weighted by Crippen LogP contribution is -2.11. The Bertz CT molecular complexity index is 304. The summed E-state index contributed by atoms with van der Waals surface area (Å²) in [5.74, 6) is 1.25. The van der Waals surface area contributed by atoms with Gasteiger partial charge in [0, 0.05) is 6.07 Å². The molecular formula is C13H20ClNO. The second-order valence-corrected chi connectivity index (χ2v) is 4.41. The maximum absolute atomic E-state index is 5.79. The van der Waals surface area contributed by atoms with E-state index in [1.54, 1.807) is 6.07 Å². The molecule has 0 amide bonds.